The first-order valence-electron chi connectivity index (χ1n) is 2.27. The molecular formula is C3H7N3O3S. The summed E-state index contributed by atoms with van der Waals surface area (Å²) >= 11 is 0.554. The average Bonchev–Trinajstić information content (AvgIpc) is 1.87. The van der Waals surface area contributed by atoms with E-state index in [1.807, 2.05) is 5.43 Å². The highest BCUT2D eigenvalue weighted by molar-refractivity contribution is 8.12. The van der Waals surface area contributed by atoms with E-state index in [9.17, 15) is 9.59 Å². The number of carbonyl (C=O) groups excluding carboxylic acids is 2. The van der Waals surface area contributed by atoms with E-state index in [1.54, 1.807) is 0 Å². The molecule has 0 fully saturated rings. The molecule has 0 saturated heterocycles. The number of nitrogens with two attached hydrogens (primary N) is 1. The molecule has 0 atom stereocenters. The van der Waals surface area contributed by atoms with E-state index in [0.29, 0.717) is 11.9 Å². The maximum atomic E-state index is 10.3. The quantitative estimate of drug-likeness (QED) is 0.295. The van der Waals surface area contributed by atoms with Crippen LogP contribution in [0.5, 0.6) is 0 Å². The van der Waals surface area contributed by atoms with Crippen molar-refractivity contribution < 1.29 is 14.7 Å². The molecule has 0 unspecified atom stereocenters. The monoisotopic (exact) mass is 165 g/mol. The van der Waals surface area contributed by atoms with E-state index in [0.717, 1.165) is 0 Å². The molecule has 0 aliphatic rings. The van der Waals surface area contributed by atoms with Gasteiger partial charge in [0.15, 0.2) is 0 Å². The van der Waals surface area contributed by atoms with Crippen molar-refractivity contribution in [2.75, 3.05) is 6.61 Å². The van der Waals surface area contributed by atoms with Crippen LogP contribution in [-0.4, -0.2) is 22.9 Å². The Balaban J connectivity index is 3.20. The Morgan fingerprint density at radius 2 is 2.20 bits per heavy atom. The zero-order valence-electron chi connectivity index (χ0n) is 4.96. The molecule has 0 radical (unpaired) electrons. The van der Waals surface area contributed by atoms with Gasteiger partial charge in [-0.1, -0.05) is 0 Å². The Bertz CT molecular complexity index is 139. The number of hydrazine groups is 1. The average molecular weight is 165 g/mol. The largest absolute Gasteiger partial charge is 0.388 e. The number of nitrogens with one attached hydrogen (secondary N) is 2. The second-order valence-corrected chi connectivity index (χ2v) is 2.09. The Morgan fingerprint density at radius 3 is 2.60 bits per heavy atom. The van der Waals surface area contributed by atoms with Crippen molar-refractivity contribution >= 4 is 23.1 Å². The van der Waals surface area contributed by atoms with Gasteiger partial charge in [0.2, 0.25) is 5.12 Å². The Hall–Kier alpha value is -0.790. The second kappa shape index (κ2) is 5.03. The van der Waals surface area contributed by atoms with Crippen LogP contribution in [0, 0.1) is 0 Å². The van der Waals surface area contributed by atoms with Crippen molar-refractivity contribution in [3.05, 3.63) is 0 Å². The summed E-state index contributed by atoms with van der Waals surface area (Å²) in [6.45, 7) is -0.585. The number of amides is 2. The lowest BCUT2D eigenvalue weighted by Crippen LogP contribution is -2.37. The van der Waals surface area contributed by atoms with Crippen molar-refractivity contribution in [2.45, 2.75) is 0 Å². The number of hydrogen-bond donors (Lipinski definition) is 4. The van der Waals surface area contributed by atoms with E-state index < -0.39 is 17.8 Å². The first-order valence-corrected chi connectivity index (χ1v) is 3.09. The van der Waals surface area contributed by atoms with Gasteiger partial charge in [-0.3, -0.25) is 10.2 Å². The zero-order chi connectivity index (χ0) is 7.98. The van der Waals surface area contributed by atoms with Crippen LogP contribution in [0.25, 0.3) is 0 Å². The van der Waals surface area contributed by atoms with E-state index in [-0.39, 0.29) is 0 Å². The number of aliphatic hydroxyl groups excluding tert-OH is 1. The molecule has 6 nitrogen and oxygen atoms in total. The summed E-state index contributed by atoms with van der Waals surface area (Å²) in [6, 6.07) is -0.793. The molecule has 0 spiro atoms. The first kappa shape index (κ1) is 9.21. The fourth-order valence-electron chi connectivity index (χ4n) is 0.165. The number of hydrogen-bond acceptors (Lipinski definition) is 5. The van der Waals surface area contributed by atoms with Crippen LogP contribution in [0.1, 0.15) is 0 Å². The standard InChI is InChI=1S/C3H7N3O3S/c4-3(9)5-6-10-2(8)1-7/h6-7H,1H2,(H3,4,5,9). The van der Waals surface area contributed by atoms with Crippen molar-refractivity contribution in [1.29, 1.82) is 0 Å². The highest BCUT2D eigenvalue weighted by atomic mass is 32.2. The van der Waals surface area contributed by atoms with Crippen LogP contribution in [0.4, 0.5) is 4.79 Å². The number of urea groups is 1. The summed E-state index contributed by atoms with van der Waals surface area (Å²) in [4.78, 5) is 22.3. The van der Waals surface area contributed by atoms with Crippen LogP contribution < -0.4 is 16.0 Å². The molecule has 0 bridgehead atoms. The van der Waals surface area contributed by atoms with E-state index in [2.05, 4.69) is 10.6 Å². The van der Waals surface area contributed by atoms with Gasteiger partial charge in [-0.05, 0) is 0 Å². The summed E-state index contributed by atoms with van der Waals surface area (Å²) in [5.74, 6) is 0. The lowest BCUT2D eigenvalue weighted by Gasteiger charge is -1.99. The molecule has 7 heteroatoms. The maximum Gasteiger partial charge on any atom is 0.327 e. The summed E-state index contributed by atoms with van der Waals surface area (Å²) in [6.07, 6.45) is 0. The fourth-order valence-corrected chi connectivity index (χ4v) is 0.495. The van der Waals surface area contributed by atoms with Gasteiger partial charge in [0.1, 0.15) is 6.61 Å². The molecule has 0 aliphatic heterocycles. The number of rotatable bonds is 3. The highest BCUT2D eigenvalue weighted by Crippen LogP contribution is 1.89. The first-order chi connectivity index (χ1) is 4.66. The van der Waals surface area contributed by atoms with E-state index >= 15 is 0 Å². The minimum atomic E-state index is -0.793. The van der Waals surface area contributed by atoms with Crippen LogP contribution in [0.3, 0.4) is 0 Å². The third-order valence-corrected chi connectivity index (χ3v) is 1.03. The van der Waals surface area contributed by atoms with Gasteiger partial charge < -0.3 is 10.8 Å². The minimum Gasteiger partial charge on any atom is -0.388 e. The summed E-state index contributed by atoms with van der Waals surface area (Å²) in [5.41, 5.74) is 6.55. The molecule has 0 aromatic heterocycles. The van der Waals surface area contributed by atoms with E-state index in [1.165, 1.54) is 0 Å². The third kappa shape index (κ3) is 5.35. The van der Waals surface area contributed by atoms with Gasteiger partial charge in [-0.2, -0.15) is 4.83 Å². The second-order valence-electron chi connectivity index (χ2n) is 1.22. The number of aliphatic hydroxyl groups is 1. The Kier molecular flexibility index (Phi) is 4.63. The molecule has 10 heavy (non-hydrogen) atoms. The van der Waals surface area contributed by atoms with Crippen LogP contribution in [-0.2, 0) is 4.79 Å². The molecule has 58 valence electrons. The SMILES string of the molecule is NC(=O)NNSC(=O)CO. The van der Waals surface area contributed by atoms with Crippen molar-refractivity contribution in [1.82, 2.24) is 10.3 Å². The molecule has 5 N–H and O–H groups in total. The number of primary amides is 1. The Labute approximate surface area is 61.3 Å². The van der Waals surface area contributed by atoms with Crippen LogP contribution >= 0.6 is 11.9 Å². The maximum absolute atomic E-state index is 10.3. The van der Waals surface area contributed by atoms with Gasteiger partial charge >= 0.3 is 6.03 Å². The summed E-state index contributed by atoms with van der Waals surface area (Å²) in [5, 5.41) is 7.64. The molecule has 2 amide bonds. The number of carbonyl (C=O) groups is 2. The lowest BCUT2D eigenvalue weighted by atomic mass is 10.8. The van der Waals surface area contributed by atoms with Gasteiger partial charge in [0.25, 0.3) is 0 Å². The molecular weight excluding hydrogens is 158 g/mol. The van der Waals surface area contributed by atoms with Crippen LogP contribution in [0.15, 0.2) is 0 Å². The minimum absolute atomic E-state index is 0.506. The fraction of sp³-hybridized carbons (Fsp3) is 0.333. The van der Waals surface area contributed by atoms with Crippen molar-refractivity contribution in [3.8, 4) is 0 Å². The van der Waals surface area contributed by atoms with Crippen molar-refractivity contribution in [2.24, 2.45) is 5.73 Å². The summed E-state index contributed by atoms with van der Waals surface area (Å²) < 4.78 is 0. The Morgan fingerprint density at radius 1 is 1.60 bits per heavy atom. The van der Waals surface area contributed by atoms with Gasteiger partial charge in [-0.25, -0.2) is 4.79 Å². The normalized spacial score (nSPS) is 8.90. The topological polar surface area (TPSA) is 104 Å². The molecule has 0 rings (SSSR count). The molecule has 0 heterocycles. The van der Waals surface area contributed by atoms with Gasteiger partial charge in [0, 0.05) is 11.9 Å². The van der Waals surface area contributed by atoms with Crippen molar-refractivity contribution in [3.63, 3.8) is 0 Å². The predicted molar refractivity (Wildman–Crippen MR) is 35.5 cm³/mol. The summed E-state index contributed by atoms with van der Waals surface area (Å²) in [7, 11) is 0. The molecule has 0 aliphatic carbocycles. The molecule has 0 saturated carbocycles. The molecule has 0 aromatic rings. The predicted octanol–water partition coefficient (Wildman–Crippen LogP) is -1.67. The third-order valence-electron chi connectivity index (χ3n) is 0.468. The van der Waals surface area contributed by atoms with E-state index in [4.69, 9.17) is 5.11 Å². The highest BCUT2D eigenvalue weighted by Gasteiger charge is 1.98. The van der Waals surface area contributed by atoms with Crippen LogP contribution in [0.2, 0.25) is 0 Å². The molecule has 0 aromatic carbocycles. The smallest absolute Gasteiger partial charge is 0.327 e. The van der Waals surface area contributed by atoms with Gasteiger partial charge in [0.05, 0.1) is 0 Å². The lowest BCUT2D eigenvalue weighted by molar-refractivity contribution is -0.113. The zero-order valence-corrected chi connectivity index (χ0v) is 5.77. The van der Waals surface area contributed by atoms with Gasteiger partial charge in [-0.15, -0.1) is 0 Å².